The molecule has 0 spiro atoms. The van der Waals surface area contributed by atoms with E-state index >= 15 is 0 Å². The molecule has 0 aliphatic heterocycles. The van der Waals surface area contributed by atoms with Gasteiger partial charge in [0, 0.05) is 13.7 Å². The predicted molar refractivity (Wildman–Crippen MR) is 64.1 cm³/mol. The lowest BCUT2D eigenvalue weighted by molar-refractivity contribution is 0.174. The van der Waals surface area contributed by atoms with Gasteiger partial charge in [-0.15, -0.1) is 0 Å². The Balaban J connectivity index is 2.94. The van der Waals surface area contributed by atoms with E-state index < -0.39 is 0 Å². The predicted octanol–water partition coefficient (Wildman–Crippen LogP) is 2.61. The van der Waals surface area contributed by atoms with Gasteiger partial charge in [-0.05, 0) is 55.5 Å². The first-order chi connectivity index (χ1) is 7.07. The normalized spacial score (nSPS) is 10.7. The second-order valence-corrected chi connectivity index (χ2v) is 4.10. The number of methoxy groups -OCH3 is 1. The summed E-state index contributed by atoms with van der Waals surface area (Å²) in [7, 11) is 1.70. The summed E-state index contributed by atoms with van der Waals surface area (Å²) in [5.74, 6) is 0. The van der Waals surface area contributed by atoms with Crippen molar-refractivity contribution >= 4 is 0 Å². The molecule has 2 heteroatoms. The van der Waals surface area contributed by atoms with Gasteiger partial charge in [0.05, 0.1) is 6.73 Å². The fourth-order valence-electron chi connectivity index (χ4n) is 1.84. The Kier molecular flexibility index (Phi) is 4.30. The Labute approximate surface area is 92.6 Å². The van der Waals surface area contributed by atoms with E-state index in [1.54, 1.807) is 7.11 Å². The zero-order valence-electron chi connectivity index (χ0n) is 10.4. The highest BCUT2D eigenvalue weighted by Gasteiger charge is 2.07. The van der Waals surface area contributed by atoms with Crippen molar-refractivity contribution in [3.05, 3.63) is 33.9 Å². The van der Waals surface area contributed by atoms with E-state index in [1.165, 1.54) is 27.8 Å². The number of benzene rings is 1. The molecular weight excluding hydrogens is 186 g/mol. The lowest BCUT2D eigenvalue weighted by Gasteiger charge is -2.15. The fourth-order valence-corrected chi connectivity index (χ4v) is 1.84. The number of nitrogens with one attached hydrogen (secondary N) is 1. The van der Waals surface area contributed by atoms with E-state index in [0.29, 0.717) is 6.73 Å². The summed E-state index contributed by atoms with van der Waals surface area (Å²) in [6.45, 7) is 10.2. The van der Waals surface area contributed by atoms with Gasteiger partial charge in [-0.2, -0.15) is 0 Å². The van der Waals surface area contributed by atoms with Crippen LogP contribution in [0.25, 0.3) is 0 Å². The van der Waals surface area contributed by atoms with Gasteiger partial charge in [-0.3, -0.25) is 5.32 Å². The third kappa shape index (κ3) is 2.80. The van der Waals surface area contributed by atoms with Gasteiger partial charge < -0.3 is 4.74 Å². The summed E-state index contributed by atoms with van der Waals surface area (Å²) < 4.78 is 4.99. The number of ether oxygens (including phenoxy) is 1. The molecule has 84 valence electrons. The van der Waals surface area contributed by atoms with Crippen LogP contribution in [0.4, 0.5) is 0 Å². The van der Waals surface area contributed by atoms with Crippen LogP contribution in [-0.4, -0.2) is 13.8 Å². The molecule has 0 saturated heterocycles. The maximum absolute atomic E-state index is 4.99. The zero-order chi connectivity index (χ0) is 11.4. The Morgan fingerprint density at radius 1 is 1.07 bits per heavy atom. The Hall–Kier alpha value is -0.860. The highest BCUT2D eigenvalue weighted by molar-refractivity contribution is 5.43. The van der Waals surface area contributed by atoms with Crippen LogP contribution < -0.4 is 5.32 Å². The van der Waals surface area contributed by atoms with Crippen LogP contribution in [0.5, 0.6) is 0 Å². The third-order valence-corrected chi connectivity index (χ3v) is 3.07. The van der Waals surface area contributed by atoms with Crippen LogP contribution in [0, 0.1) is 27.7 Å². The van der Waals surface area contributed by atoms with Crippen molar-refractivity contribution in [2.24, 2.45) is 0 Å². The van der Waals surface area contributed by atoms with Crippen molar-refractivity contribution < 1.29 is 4.74 Å². The van der Waals surface area contributed by atoms with Gasteiger partial charge >= 0.3 is 0 Å². The average molecular weight is 207 g/mol. The van der Waals surface area contributed by atoms with Crippen molar-refractivity contribution in [2.45, 2.75) is 34.2 Å². The van der Waals surface area contributed by atoms with Crippen molar-refractivity contribution in [3.8, 4) is 0 Å². The van der Waals surface area contributed by atoms with Crippen LogP contribution in [-0.2, 0) is 11.3 Å². The zero-order valence-corrected chi connectivity index (χ0v) is 10.4. The van der Waals surface area contributed by atoms with Gasteiger partial charge in [0.15, 0.2) is 0 Å². The minimum atomic E-state index is 0.603. The van der Waals surface area contributed by atoms with E-state index in [0.717, 1.165) is 6.54 Å². The van der Waals surface area contributed by atoms with Crippen molar-refractivity contribution in [3.63, 3.8) is 0 Å². The second kappa shape index (κ2) is 5.29. The summed E-state index contributed by atoms with van der Waals surface area (Å²) in [6.07, 6.45) is 0. The van der Waals surface area contributed by atoms with Crippen LogP contribution in [0.15, 0.2) is 6.07 Å². The Morgan fingerprint density at radius 2 is 1.60 bits per heavy atom. The van der Waals surface area contributed by atoms with E-state index in [-0.39, 0.29) is 0 Å². The number of hydrogen-bond donors (Lipinski definition) is 1. The van der Waals surface area contributed by atoms with E-state index in [9.17, 15) is 0 Å². The highest BCUT2D eigenvalue weighted by atomic mass is 16.5. The Morgan fingerprint density at radius 3 is 2.07 bits per heavy atom. The molecule has 0 bridgehead atoms. The molecule has 15 heavy (non-hydrogen) atoms. The summed E-state index contributed by atoms with van der Waals surface area (Å²) in [6, 6.07) is 2.25. The van der Waals surface area contributed by atoms with Crippen molar-refractivity contribution in [1.82, 2.24) is 5.32 Å². The van der Waals surface area contributed by atoms with Crippen LogP contribution in [0.1, 0.15) is 27.8 Å². The molecule has 1 rings (SSSR count). The van der Waals surface area contributed by atoms with E-state index in [2.05, 4.69) is 39.1 Å². The molecule has 0 atom stereocenters. The monoisotopic (exact) mass is 207 g/mol. The summed E-state index contributed by atoms with van der Waals surface area (Å²) >= 11 is 0. The maximum atomic E-state index is 4.99. The molecule has 1 aromatic carbocycles. The van der Waals surface area contributed by atoms with Gasteiger partial charge in [-0.1, -0.05) is 6.07 Å². The summed E-state index contributed by atoms with van der Waals surface area (Å²) in [4.78, 5) is 0. The van der Waals surface area contributed by atoms with Gasteiger partial charge in [0.1, 0.15) is 0 Å². The smallest absolute Gasteiger partial charge is 0.0964 e. The third-order valence-electron chi connectivity index (χ3n) is 3.07. The molecular formula is C13H21NO. The van der Waals surface area contributed by atoms with E-state index in [1.807, 2.05) is 0 Å². The quantitative estimate of drug-likeness (QED) is 0.605. The van der Waals surface area contributed by atoms with Crippen LogP contribution in [0.2, 0.25) is 0 Å². The van der Waals surface area contributed by atoms with E-state index in [4.69, 9.17) is 4.74 Å². The minimum absolute atomic E-state index is 0.603. The first-order valence-electron chi connectivity index (χ1n) is 5.33. The fraction of sp³-hybridized carbons (Fsp3) is 0.538. The SMILES string of the molecule is COCNCc1c(C)c(C)cc(C)c1C. The molecule has 0 aliphatic rings. The molecule has 0 unspecified atom stereocenters. The minimum Gasteiger partial charge on any atom is -0.370 e. The molecule has 0 aliphatic carbocycles. The van der Waals surface area contributed by atoms with Crippen molar-refractivity contribution in [2.75, 3.05) is 13.8 Å². The lowest BCUT2D eigenvalue weighted by Crippen LogP contribution is -2.18. The molecule has 0 amide bonds. The molecule has 2 nitrogen and oxygen atoms in total. The first-order valence-corrected chi connectivity index (χ1v) is 5.33. The summed E-state index contributed by atoms with van der Waals surface area (Å²) in [5.41, 5.74) is 6.92. The molecule has 1 aromatic rings. The molecule has 1 N–H and O–H groups in total. The largest absolute Gasteiger partial charge is 0.370 e. The highest BCUT2D eigenvalue weighted by Crippen LogP contribution is 2.21. The van der Waals surface area contributed by atoms with Crippen molar-refractivity contribution in [1.29, 1.82) is 0 Å². The topological polar surface area (TPSA) is 21.3 Å². The molecule has 0 heterocycles. The second-order valence-electron chi connectivity index (χ2n) is 4.10. The molecule has 0 radical (unpaired) electrons. The van der Waals surface area contributed by atoms with Crippen LogP contribution in [0.3, 0.4) is 0 Å². The maximum Gasteiger partial charge on any atom is 0.0964 e. The molecule has 0 saturated carbocycles. The molecule has 0 fully saturated rings. The Bertz CT molecular complexity index is 319. The number of aryl methyl sites for hydroxylation is 2. The van der Waals surface area contributed by atoms with Crippen LogP contribution >= 0.6 is 0 Å². The first kappa shape index (κ1) is 12.2. The van der Waals surface area contributed by atoms with Gasteiger partial charge in [0.25, 0.3) is 0 Å². The molecule has 0 aromatic heterocycles. The standard InChI is InChI=1S/C13H21NO/c1-9-6-10(2)12(4)13(11(9)3)7-14-8-15-5/h6,14H,7-8H2,1-5H3. The van der Waals surface area contributed by atoms with Gasteiger partial charge in [-0.25, -0.2) is 0 Å². The number of rotatable bonds is 4. The average Bonchev–Trinajstić information content (AvgIpc) is 2.20. The summed E-state index contributed by atoms with van der Waals surface area (Å²) in [5, 5.41) is 3.27. The van der Waals surface area contributed by atoms with Gasteiger partial charge in [0.2, 0.25) is 0 Å². The number of hydrogen-bond acceptors (Lipinski definition) is 2. The lowest BCUT2D eigenvalue weighted by atomic mass is 9.94.